The first kappa shape index (κ1) is 18.5. The zero-order chi connectivity index (χ0) is 19.7. The summed E-state index contributed by atoms with van der Waals surface area (Å²) in [5.41, 5.74) is 4.75. The molecule has 2 heterocycles. The lowest BCUT2D eigenvalue weighted by Crippen LogP contribution is -2.28. The van der Waals surface area contributed by atoms with Gasteiger partial charge in [-0.15, -0.1) is 5.10 Å². The van der Waals surface area contributed by atoms with Gasteiger partial charge in [-0.2, -0.15) is 0 Å². The van der Waals surface area contributed by atoms with Gasteiger partial charge in [0.15, 0.2) is 0 Å². The predicted octanol–water partition coefficient (Wildman–Crippen LogP) is 2.68. The number of carbonyl (C=O) groups excluding carboxylic acids is 3. The van der Waals surface area contributed by atoms with Crippen LogP contribution in [0.4, 0.5) is 4.79 Å². The molecule has 0 radical (unpaired) electrons. The predicted molar refractivity (Wildman–Crippen MR) is 109 cm³/mol. The molecule has 0 bridgehead atoms. The van der Waals surface area contributed by atoms with E-state index in [-0.39, 0.29) is 29.4 Å². The zero-order valence-electron chi connectivity index (χ0n) is 14.9. The second kappa shape index (κ2) is 7.61. The van der Waals surface area contributed by atoms with Gasteiger partial charge in [0.2, 0.25) is 10.7 Å². The van der Waals surface area contributed by atoms with Crippen LogP contribution in [0.3, 0.4) is 0 Å². The van der Waals surface area contributed by atoms with Crippen molar-refractivity contribution in [3.63, 3.8) is 0 Å². The summed E-state index contributed by atoms with van der Waals surface area (Å²) in [6.07, 6.45) is 0. The molecule has 1 aliphatic rings. The average molecular weight is 412 g/mol. The Labute approximate surface area is 168 Å². The van der Waals surface area contributed by atoms with Crippen molar-refractivity contribution >= 4 is 50.4 Å². The Morgan fingerprint density at radius 1 is 1.18 bits per heavy atom. The molecule has 1 saturated heterocycles. The fourth-order valence-electron chi connectivity index (χ4n) is 2.88. The third-order valence-electron chi connectivity index (χ3n) is 4.34. The molecular weight excluding hydrogens is 396 g/mol. The van der Waals surface area contributed by atoms with Crippen LogP contribution in [0, 0.1) is 0 Å². The van der Waals surface area contributed by atoms with Crippen LogP contribution in [0.25, 0.3) is 10.2 Å². The zero-order valence-corrected chi connectivity index (χ0v) is 16.5. The van der Waals surface area contributed by atoms with Crippen LogP contribution in [-0.2, 0) is 18.4 Å². The lowest BCUT2D eigenvalue weighted by atomic mass is 10.1. The maximum Gasteiger partial charge on any atom is 0.289 e. The molecule has 4 rings (SSSR count). The third-order valence-corrected chi connectivity index (χ3v) is 6.31. The van der Waals surface area contributed by atoms with Gasteiger partial charge in [0, 0.05) is 12.6 Å². The SMILES string of the molecule is Cn1/c(=N/NC(=O)c2cccc(CN3C(=O)CSC3=O)c2)sc2ccccc21. The summed E-state index contributed by atoms with van der Waals surface area (Å²) in [6, 6.07) is 14.8. The minimum Gasteiger partial charge on any atom is -0.318 e. The lowest BCUT2D eigenvalue weighted by molar-refractivity contribution is -0.125. The second-order valence-corrected chi connectivity index (χ2v) is 8.13. The maximum atomic E-state index is 12.5. The molecule has 7 nitrogen and oxygen atoms in total. The highest BCUT2D eigenvalue weighted by Crippen LogP contribution is 2.21. The van der Waals surface area contributed by atoms with Gasteiger partial charge >= 0.3 is 0 Å². The van der Waals surface area contributed by atoms with E-state index in [4.69, 9.17) is 0 Å². The Kier molecular flexibility index (Phi) is 5.01. The molecule has 3 aromatic rings. The number of thioether (sulfide) groups is 1. The van der Waals surface area contributed by atoms with Crippen molar-refractivity contribution in [3.05, 3.63) is 64.5 Å². The molecule has 28 heavy (non-hydrogen) atoms. The number of hydrogen-bond donors (Lipinski definition) is 1. The van der Waals surface area contributed by atoms with E-state index in [1.54, 1.807) is 24.3 Å². The van der Waals surface area contributed by atoms with Crippen molar-refractivity contribution < 1.29 is 14.4 Å². The van der Waals surface area contributed by atoms with Crippen LogP contribution < -0.4 is 10.2 Å². The lowest BCUT2D eigenvalue weighted by Gasteiger charge is -2.13. The molecule has 1 N–H and O–H groups in total. The van der Waals surface area contributed by atoms with Crippen molar-refractivity contribution in [2.24, 2.45) is 12.1 Å². The number of rotatable bonds is 4. The van der Waals surface area contributed by atoms with Gasteiger partial charge in [-0.25, -0.2) is 5.43 Å². The number of amides is 3. The number of aryl methyl sites for hydroxylation is 1. The van der Waals surface area contributed by atoms with Gasteiger partial charge in [-0.1, -0.05) is 47.4 Å². The van der Waals surface area contributed by atoms with Crippen LogP contribution in [0.15, 0.2) is 53.6 Å². The topological polar surface area (TPSA) is 83.8 Å². The first-order valence-corrected chi connectivity index (χ1v) is 10.3. The second-order valence-electron chi connectivity index (χ2n) is 6.20. The summed E-state index contributed by atoms with van der Waals surface area (Å²) in [6.45, 7) is 0.161. The minimum absolute atomic E-state index is 0.161. The molecule has 0 aliphatic carbocycles. The van der Waals surface area contributed by atoms with E-state index in [1.807, 2.05) is 35.9 Å². The summed E-state index contributed by atoms with van der Waals surface area (Å²) in [5.74, 6) is -0.394. The van der Waals surface area contributed by atoms with Gasteiger partial charge in [0.05, 0.1) is 22.5 Å². The Balaban J connectivity index is 1.53. The highest BCUT2D eigenvalue weighted by Gasteiger charge is 2.29. The van der Waals surface area contributed by atoms with Crippen molar-refractivity contribution in [2.45, 2.75) is 6.54 Å². The number of carbonyl (C=O) groups is 3. The molecule has 142 valence electrons. The molecule has 3 amide bonds. The number of nitrogens with one attached hydrogen (secondary N) is 1. The van der Waals surface area contributed by atoms with E-state index in [0.29, 0.717) is 15.9 Å². The molecule has 1 aliphatic heterocycles. The largest absolute Gasteiger partial charge is 0.318 e. The van der Waals surface area contributed by atoms with E-state index in [2.05, 4.69) is 10.5 Å². The Morgan fingerprint density at radius 2 is 2.00 bits per heavy atom. The highest BCUT2D eigenvalue weighted by molar-refractivity contribution is 8.14. The first-order valence-electron chi connectivity index (χ1n) is 8.47. The molecule has 0 saturated carbocycles. The number of thiazole rings is 1. The van der Waals surface area contributed by atoms with Gasteiger partial charge in [-0.3, -0.25) is 19.3 Å². The van der Waals surface area contributed by atoms with Gasteiger partial charge in [0.1, 0.15) is 0 Å². The highest BCUT2D eigenvalue weighted by atomic mass is 32.2. The molecular formula is C19H16N4O3S2. The normalized spacial score (nSPS) is 14.9. The Hall–Kier alpha value is -2.91. The van der Waals surface area contributed by atoms with Gasteiger partial charge in [-0.05, 0) is 29.8 Å². The van der Waals surface area contributed by atoms with Crippen molar-refractivity contribution in [3.8, 4) is 0 Å². The third kappa shape index (κ3) is 3.58. The van der Waals surface area contributed by atoms with Crippen LogP contribution >= 0.6 is 23.1 Å². The van der Waals surface area contributed by atoms with Crippen molar-refractivity contribution in [2.75, 3.05) is 5.75 Å². The summed E-state index contributed by atoms with van der Waals surface area (Å²) in [4.78, 5) is 37.9. The summed E-state index contributed by atoms with van der Waals surface area (Å²) in [7, 11) is 1.90. The number of benzene rings is 2. The number of fused-ring (bicyclic) bond motifs is 1. The smallest absolute Gasteiger partial charge is 0.289 e. The van der Waals surface area contributed by atoms with Gasteiger partial charge < -0.3 is 4.57 Å². The fraction of sp³-hybridized carbons (Fsp3) is 0.158. The van der Waals surface area contributed by atoms with E-state index in [0.717, 1.165) is 22.0 Å². The van der Waals surface area contributed by atoms with Crippen molar-refractivity contribution in [1.29, 1.82) is 0 Å². The number of imide groups is 1. The molecule has 0 spiro atoms. The van der Waals surface area contributed by atoms with Crippen LogP contribution in [-0.4, -0.2) is 32.3 Å². The fourth-order valence-corrected chi connectivity index (χ4v) is 4.58. The molecule has 0 atom stereocenters. The van der Waals surface area contributed by atoms with Crippen LogP contribution in [0.5, 0.6) is 0 Å². The first-order chi connectivity index (χ1) is 13.5. The van der Waals surface area contributed by atoms with E-state index in [1.165, 1.54) is 16.2 Å². The van der Waals surface area contributed by atoms with E-state index < -0.39 is 0 Å². The van der Waals surface area contributed by atoms with E-state index in [9.17, 15) is 14.4 Å². The molecule has 9 heteroatoms. The van der Waals surface area contributed by atoms with E-state index >= 15 is 0 Å². The van der Waals surface area contributed by atoms with Crippen LogP contribution in [0.1, 0.15) is 15.9 Å². The Bertz CT molecular complexity index is 1150. The molecule has 1 aromatic heterocycles. The van der Waals surface area contributed by atoms with Gasteiger partial charge in [0.25, 0.3) is 11.1 Å². The Morgan fingerprint density at radius 3 is 2.75 bits per heavy atom. The average Bonchev–Trinajstić information content (AvgIpc) is 3.20. The minimum atomic E-state index is -0.354. The maximum absolute atomic E-state index is 12.5. The number of aromatic nitrogens is 1. The molecule has 2 aromatic carbocycles. The van der Waals surface area contributed by atoms with Crippen molar-refractivity contribution in [1.82, 2.24) is 14.9 Å². The quantitative estimate of drug-likeness (QED) is 0.668. The number of hydrogen-bond acceptors (Lipinski definition) is 6. The number of nitrogens with zero attached hydrogens (tertiary/aromatic N) is 3. The summed E-state index contributed by atoms with van der Waals surface area (Å²) < 4.78 is 3.00. The standard InChI is InChI=1S/C19H16N4O3S2/c1-22-14-7-2-3-8-15(14)28-18(22)21-20-17(25)13-6-4-5-12(9-13)10-23-16(24)11-27-19(23)26/h2-9H,10-11H2,1H3,(H,20,25)/b21-18-. The molecule has 1 fully saturated rings. The summed E-state index contributed by atoms with van der Waals surface area (Å²) >= 11 is 2.48. The monoisotopic (exact) mass is 412 g/mol. The number of para-hydroxylation sites is 1. The van der Waals surface area contributed by atoms with Crippen LogP contribution in [0.2, 0.25) is 0 Å². The molecule has 0 unspecified atom stereocenters. The summed E-state index contributed by atoms with van der Waals surface area (Å²) in [5, 5.41) is 3.98.